The number of nitrogens with one attached hydrogen (secondary N) is 1. The molecule has 2 aromatic rings. The number of hydrogen-bond acceptors (Lipinski definition) is 3. The number of benzene rings is 2. The van der Waals surface area contributed by atoms with Crippen molar-refractivity contribution in [1.29, 1.82) is 0 Å². The van der Waals surface area contributed by atoms with Gasteiger partial charge in [0.2, 0.25) is 0 Å². The SMILES string of the molecule is Cc1ccc(CNc2ccc([N+](=O)[O-])c(Br)c2)cc1F. The Morgan fingerprint density at radius 1 is 1.30 bits per heavy atom. The molecule has 0 aliphatic carbocycles. The molecule has 0 atom stereocenters. The van der Waals surface area contributed by atoms with E-state index in [9.17, 15) is 14.5 Å². The summed E-state index contributed by atoms with van der Waals surface area (Å²) in [5.74, 6) is -0.241. The van der Waals surface area contributed by atoms with Crippen molar-refractivity contribution in [3.63, 3.8) is 0 Å². The van der Waals surface area contributed by atoms with Gasteiger partial charge in [0.1, 0.15) is 5.82 Å². The molecule has 0 radical (unpaired) electrons. The van der Waals surface area contributed by atoms with Crippen LogP contribution >= 0.6 is 15.9 Å². The van der Waals surface area contributed by atoms with Crippen molar-refractivity contribution >= 4 is 27.3 Å². The van der Waals surface area contributed by atoms with Gasteiger partial charge < -0.3 is 5.32 Å². The fourth-order valence-electron chi connectivity index (χ4n) is 1.72. The third-order valence-corrected chi connectivity index (χ3v) is 3.51. The van der Waals surface area contributed by atoms with E-state index in [0.29, 0.717) is 16.6 Å². The number of nitro groups is 1. The highest BCUT2D eigenvalue weighted by atomic mass is 79.9. The van der Waals surface area contributed by atoms with Gasteiger partial charge in [0.15, 0.2) is 0 Å². The van der Waals surface area contributed by atoms with Crippen LogP contribution in [0.3, 0.4) is 0 Å². The highest BCUT2D eigenvalue weighted by molar-refractivity contribution is 9.10. The number of hydrogen-bond donors (Lipinski definition) is 1. The molecule has 0 saturated carbocycles. The molecule has 0 heterocycles. The molecular formula is C14H12BrFN2O2. The van der Waals surface area contributed by atoms with Crippen LogP contribution in [0.4, 0.5) is 15.8 Å². The minimum Gasteiger partial charge on any atom is -0.381 e. The summed E-state index contributed by atoms with van der Waals surface area (Å²) in [7, 11) is 0. The molecule has 0 unspecified atom stereocenters. The van der Waals surface area contributed by atoms with Crippen LogP contribution in [0.25, 0.3) is 0 Å². The van der Waals surface area contributed by atoms with Crippen molar-refractivity contribution in [2.45, 2.75) is 13.5 Å². The first-order valence-electron chi connectivity index (χ1n) is 5.90. The Labute approximate surface area is 123 Å². The van der Waals surface area contributed by atoms with E-state index in [-0.39, 0.29) is 11.5 Å². The highest BCUT2D eigenvalue weighted by Crippen LogP contribution is 2.27. The second-order valence-electron chi connectivity index (χ2n) is 4.36. The molecule has 0 bridgehead atoms. The third-order valence-electron chi connectivity index (χ3n) is 2.88. The summed E-state index contributed by atoms with van der Waals surface area (Å²) in [5.41, 5.74) is 2.15. The van der Waals surface area contributed by atoms with Crippen molar-refractivity contribution in [3.8, 4) is 0 Å². The molecular weight excluding hydrogens is 327 g/mol. The van der Waals surface area contributed by atoms with Gasteiger partial charge in [0.05, 0.1) is 9.40 Å². The maximum atomic E-state index is 13.4. The van der Waals surface area contributed by atoms with Gasteiger partial charge in [0, 0.05) is 18.3 Å². The normalized spacial score (nSPS) is 10.3. The molecule has 0 aliphatic rings. The van der Waals surface area contributed by atoms with Gasteiger partial charge in [-0.2, -0.15) is 0 Å². The Morgan fingerprint density at radius 3 is 2.65 bits per heavy atom. The summed E-state index contributed by atoms with van der Waals surface area (Å²) >= 11 is 3.15. The van der Waals surface area contributed by atoms with Crippen molar-refractivity contribution in [2.75, 3.05) is 5.32 Å². The molecule has 2 aromatic carbocycles. The van der Waals surface area contributed by atoms with Crippen LogP contribution in [0.15, 0.2) is 40.9 Å². The Hall–Kier alpha value is -1.95. The Bertz CT molecular complexity index is 662. The summed E-state index contributed by atoms with van der Waals surface area (Å²) in [6.45, 7) is 2.15. The smallest absolute Gasteiger partial charge is 0.283 e. The monoisotopic (exact) mass is 338 g/mol. The Kier molecular flexibility index (Phi) is 4.34. The quantitative estimate of drug-likeness (QED) is 0.663. The van der Waals surface area contributed by atoms with E-state index >= 15 is 0 Å². The molecule has 104 valence electrons. The molecule has 0 spiro atoms. The topological polar surface area (TPSA) is 55.2 Å². The summed E-state index contributed by atoms with van der Waals surface area (Å²) in [6, 6.07) is 9.70. The van der Waals surface area contributed by atoms with Gasteiger partial charge in [0.25, 0.3) is 5.69 Å². The lowest BCUT2D eigenvalue weighted by Crippen LogP contribution is -2.01. The van der Waals surface area contributed by atoms with Gasteiger partial charge in [-0.05, 0) is 52.2 Å². The van der Waals surface area contributed by atoms with Crippen LogP contribution in [-0.4, -0.2) is 4.92 Å². The van der Waals surface area contributed by atoms with Gasteiger partial charge >= 0.3 is 0 Å². The molecule has 20 heavy (non-hydrogen) atoms. The average molecular weight is 339 g/mol. The van der Waals surface area contributed by atoms with E-state index in [1.54, 1.807) is 25.1 Å². The van der Waals surface area contributed by atoms with E-state index in [4.69, 9.17) is 0 Å². The van der Waals surface area contributed by atoms with Crippen LogP contribution in [0.2, 0.25) is 0 Å². The first kappa shape index (κ1) is 14.5. The third kappa shape index (κ3) is 3.33. The van der Waals surface area contributed by atoms with Crippen LogP contribution in [0, 0.1) is 22.9 Å². The largest absolute Gasteiger partial charge is 0.381 e. The minimum absolute atomic E-state index is 0.0110. The maximum absolute atomic E-state index is 13.4. The molecule has 4 nitrogen and oxygen atoms in total. The molecule has 0 aromatic heterocycles. The lowest BCUT2D eigenvalue weighted by atomic mass is 10.1. The maximum Gasteiger partial charge on any atom is 0.283 e. The standard InChI is InChI=1S/C14H12BrFN2O2/c1-9-2-3-10(6-13(9)16)8-17-11-4-5-14(18(19)20)12(15)7-11/h2-7,17H,8H2,1H3. The Morgan fingerprint density at radius 2 is 2.05 bits per heavy atom. The van der Waals surface area contributed by atoms with Crippen LogP contribution in [-0.2, 0) is 6.54 Å². The molecule has 0 amide bonds. The van der Waals surface area contributed by atoms with E-state index in [1.807, 2.05) is 6.07 Å². The second-order valence-corrected chi connectivity index (χ2v) is 5.21. The molecule has 0 aliphatic heterocycles. The Balaban J connectivity index is 2.09. The first-order chi connectivity index (χ1) is 9.47. The lowest BCUT2D eigenvalue weighted by molar-refractivity contribution is -0.385. The molecule has 6 heteroatoms. The number of nitro benzene ring substituents is 1. The summed E-state index contributed by atoms with van der Waals surface area (Å²) in [6.07, 6.45) is 0. The van der Waals surface area contributed by atoms with Gasteiger partial charge in [-0.3, -0.25) is 10.1 Å². The summed E-state index contributed by atoms with van der Waals surface area (Å²) in [5, 5.41) is 13.8. The van der Waals surface area contributed by atoms with Crippen molar-refractivity contribution < 1.29 is 9.31 Å². The zero-order valence-corrected chi connectivity index (χ0v) is 12.3. The zero-order valence-electron chi connectivity index (χ0n) is 10.7. The van der Waals surface area contributed by atoms with Crippen molar-refractivity contribution in [2.24, 2.45) is 0 Å². The van der Waals surface area contributed by atoms with E-state index in [0.717, 1.165) is 11.3 Å². The summed E-state index contributed by atoms with van der Waals surface area (Å²) < 4.78 is 13.8. The average Bonchev–Trinajstić information content (AvgIpc) is 2.40. The van der Waals surface area contributed by atoms with Gasteiger partial charge in [-0.25, -0.2) is 4.39 Å². The van der Waals surface area contributed by atoms with Gasteiger partial charge in [-0.15, -0.1) is 0 Å². The summed E-state index contributed by atoms with van der Waals surface area (Å²) in [4.78, 5) is 10.2. The number of aryl methyl sites for hydroxylation is 1. The molecule has 2 rings (SSSR count). The number of nitrogens with zero attached hydrogens (tertiary/aromatic N) is 1. The lowest BCUT2D eigenvalue weighted by Gasteiger charge is -2.08. The molecule has 0 saturated heterocycles. The fraction of sp³-hybridized carbons (Fsp3) is 0.143. The number of halogens is 2. The second kappa shape index (κ2) is 6.00. The van der Waals surface area contributed by atoms with Crippen molar-refractivity contribution in [3.05, 3.63) is 67.9 Å². The number of anilines is 1. The van der Waals surface area contributed by atoms with Gasteiger partial charge in [-0.1, -0.05) is 12.1 Å². The first-order valence-corrected chi connectivity index (χ1v) is 6.69. The van der Waals surface area contributed by atoms with E-state index in [1.165, 1.54) is 12.1 Å². The van der Waals surface area contributed by atoms with Crippen molar-refractivity contribution in [1.82, 2.24) is 0 Å². The predicted molar refractivity (Wildman–Crippen MR) is 79.3 cm³/mol. The van der Waals surface area contributed by atoms with Crippen LogP contribution in [0.1, 0.15) is 11.1 Å². The zero-order chi connectivity index (χ0) is 14.7. The van der Waals surface area contributed by atoms with Crippen LogP contribution < -0.4 is 5.32 Å². The molecule has 1 N–H and O–H groups in total. The van der Waals surface area contributed by atoms with E-state index in [2.05, 4.69) is 21.2 Å². The number of rotatable bonds is 4. The highest BCUT2D eigenvalue weighted by Gasteiger charge is 2.11. The molecule has 0 fully saturated rings. The van der Waals surface area contributed by atoms with Crippen LogP contribution in [0.5, 0.6) is 0 Å². The van der Waals surface area contributed by atoms with E-state index < -0.39 is 4.92 Å². The predicted octanol–water partition coefficient (Wildman–Crippen LogP) is 4.42. The fourth-order valence-corrected chi connectivity index (χ4v) is 2.24. The minimum atomic E-state index is -0.455.